The molecule has 1 fully saturated rings. The largest absolute Gasteiger partial charge is 0.495 e. The third-order valence-corrected chi connectivity index (χ3v) is 8.28. The number of ether oxygens (including phenoxy) is 1. The smallest absolute Gasteiger partial charge is 0.187 e. The van der Waals surface area contributed by atoms with Gasteiger partial charge in [-0.2, -0.15) is 0 Å². The molecule has 0 aliphatic carbocycles. The number of benzene rings is 1. The van der Waals surface area contributed by atoms with Gasteiger partial charge < -0.3 is 10.1 Å². The third kappa shape index (κ3) is 4.10. The van der Waals surface area contributed by atoms with Crippen LogP contribution in [0, 0.1) is 12.8 Å². The van der Waals surface area contributed by atoms with Gasteiger partial charge in [0.1, 0.15) is 10.6 Å². The van der Waals surface area contributed by atoms with Crippen molar-refractivity contribution in [1.82, 2.24) is 5.32 Å². The molecule has 0 unspecified atom stereocenters. The van der Waals surface area contributed by atoms with E-state index in [2.05, 4.69) is 5.32 Å². The molecule has 1 aromatic carbocycles. The summed E-state index contributed by atoms with van der Waals surface area (Å²) in [5, 5.41) is 2.11. The van der Waals surface area contributed by atoms with Crippen molar-refractivity contribution >= 4 is 19.7 Å². The summed E-state index contributed by atoms with van der Waals surface area (Å²) >= 11 is 0. The van der Waals surface area contributed by atoms with E-state index < -0.39 is 31.0 Å². The Bertz CT molecular complexity index is 800. The van der Waals surface area contributed by atoms with Gasteiger partial charge in [0, 0.05) is 6.04 Å². The maximum absolute atomic E-state index is 13.1. The molecule has 2 rings (SSSR count). The van der Waals surface area contributed by atoms with Crippen molar-refractivity contribution in [2.24, 2.45) is 5.92 Å². The second-order valence-corrected chi connectivity index (χ2v) is 11.0. The summed E-state index contributed by atoms with van der Waals surface area (Å²) in [6.45, 7) is 6.34. The second-order valence-electron chi connectivity index (χ2n) is 6.72. The Hall–Kier alpha value is -1.12. The van der Waals surface area contributed by atoms with Crippen LogP contribution in [0.3, 0.4) is 0 Å². The van der Waals surface area contributed by atoms with Crippen molar-refractivity contribution in [1.29, 1.82) is 0 Å². The fourth-order valence-electron chi connectivity index (χ4n) is 2.87. The SMILES string of the molecule is COc1ccc(C)cc1S(=O)(=O)[C@H]1CS(=O)(=O)C[C@@H]1NCC(C)C. The van der Waals surface area contributed by atoms with Gasteiger partial charge in [0.05, 0.1) is 23.9 Å². The Morgan fingerprint density at radius 2 is 1.96 bits per heavy atom. The van der Waals surface area contributed by atoms with E-state index in [1.165, 1.54) is 7.11 Å². The van der Waals surface area contributed by atoms with Gasteiger partial charge in [-0.25, -0.2) is 16.8 Å². The summed E-state index contributed by atoms with van der Waals surface area (Å²) < 4.78 is 55.6. The van der Waals surface area contributed by atoms with Crippen LogP contribution in [0.1, 0.15) is 19.4 Å². The van der Waals surface area contributed by atoms with E-state index in [4.69, 9.17) is 4.74 Å². The molecule has 1 saturated heterocycles. The van der Waals surface area contributed by atoms with E-state index in [-0.39, 0.29) is 22.2 Å². The maximum Gasteiger partial charge on any atom is 0.187 e. The molecule has 1 aliphatic heterocycles. The highest BCUT2D eigenvalue weighted by Crippen LogP contribution is 2.32. The van der Waals surface area contributed by atoms with Gasteiger partial charge in [0.2, 0.25) is 0 Å². The van der Waals surface area contributed by atoms with Crippen molar-refractivity contribution in [3.8, 4) is 5.75 Å². The number of sulfone groups is 2. The van der Waals surface area contributed by atoms with Gasteiger partial charge >= 0.3 is 0 Å². The maximum atomic E-state index is 13.1. The minimum absolute atomic E-state index is 0.0587. The van der Waals surface area contributed by atoms with Crippen LogP contribution in [-0.2, 0) is 19.7 Å². The topological polar surface area (TPSA) is 89.5 Å². The second kappa shape index (κ2) is 7.01. The molecular weight excluding hydrogens is 350 g/mol. The number of methoxy groups -OCH3 is 1. The van der Waals surface area contributed by atoms with Crippen molar-refractivity contribution in [3.05, 3.63) is 23.8 Å². The summed E-state index contributed by atoms with van der Waals surface area (Å²) in [5.41, 5.74) is 0.780. The van der Waals surface area contributed by atoms with Gasteiger partial charge in [0.25, 0.3) is 0 Å². The molecule has 6 nitrogen and oxygen atoms in total. The van der Waals surface area contributed by atoms with Crippen LogP contribution in [0.5, 0.6) is 5.75 Å². The molecule has 1 heterocycles. The predicted molar refractivity (Wildman–Crippen MR) is 94.0 cm³/mol. The first-order valence-corrected chi connectivity index (χ1v) is 11.3. The van der Waals surface area contributed by atoms with E-state index in [0.717, 1.165) is 5.56 Å². The third-order valence-electron chi connectivity index (χ3n) is 4.11. The lowest BCUT2D eigenvalue weighted by Gasteiger charge is -2.22. The Labute approximate surface area is 144 Å². The molecule has 0 aromatic heterocycles. The zero-order valence-corrected chi connectivity index (χ0v) is 16.1. The standard InChI is InChI=1S/C16H25NO5S2/c1-11(2)8-17-13-9-23(18,19)10-16(13)24(20,21)15-7-12(3)5-6-14(15)22-4/h5-7,11,13,16-17H,8-10H2,1-4H3/t13-,16-/m0/s1. The van der Waals surface area contributed by atoms with Crippen LogP contribution < -0.4 is 10.1 Å². The van der Waals surface area contributed by atoms with Crippen LogP contribution >= 0.6 is 0 Å². The van der Waals surface area contributed by atoms with E-state index in [1.807, 2.05) is 13.8 Å². The molecule has 1 aliphatic rings. The molecule has 8 heteroatoms. The highest BCUT2D eigenvalue weighted by molar-refractivity contribution is 7.96. The van der Waals surface area contributed by atoms with E-state index in [1.54, 1.807) is 25.1 Å². The molecule has 136 valence electrons. The molecule has 1 N–H and O–H groups in total. The number of nitrogens with one attached hydrogen (secondary N) is 1. The Morgan fingerprint density at radius 3 is 2.54 bits per heavy atom. The number of aryl methyl sites for hydroxylation is 1. The minimum atomic E-state index is -3.84. The summed E-state index contributed by atoms with van der Waals surface area (Å²) in [5.74, 6) is 0.0256. The van der Waals surface area contributed by atoms with Crippen LogP contribution in [0.2, 0.25) is 0 Å². The summed E-state index contributed by atoms with van der Waals surface area (Å²) in [6, 6.07) is 4.30. The summed E-state index contributed by atoms with van der Waals surface area (Å²) in [6.07, 6.45) is 0. The predicted octanol–water partition coefficient (Wildman–Crippen LogP) is 1.19. The van der Waals surface area contributed by atoms with Crippen LogP contribution in [0.15, 0.2) is 23.1 Å². The number of rotatable bonds is 6. The first-order chi connectivity index (χ1) is 11.1. The normalized spacial score (nSPS) is 23.5. The lowest BCUT2D eigenvalue weighted by Crippen LogP contribution is -2.44. The van der Waals surface area contributed by atoms with E-state index >= 15 is 0 Å². The molecule has 0 radical (unpaired) electrons. The van der Waals surface area contributed by atoms with Gasteiger partial charge in [0.15, 0.2) is 19.7 Å². The Kier molecular flexibility index (Phi) is 5.61. The van der Waals surface area contributed by atoms with Crippen molar-refractivity contribution in [3.63, 3.8) is 0 Å². The lowest BCUT2D eigenvalue weighted by molar-refractivity contribution is 0.401. The zero-order valence-electron chi connectivity index (χ0n) is 14.4. The average molecular weight is 376 g/mol. The van der Waals surface area contributed by atoms with Gasteiger partial charge in [-0.05, 0) is 37.1 Å². The number of hydrogen-bond acceptors (Lipinski definition) is 6. The van der Waals surface area contributed by atoms with Crippen LogP contribution in [0.4, 0.5) is 0 Å². The van der Waals surface area contributed by atoms with Gasteiger partial charge in [-0.3, -0.25) is 0 Å². The van der Waals surface area contributed by atoms with E-state index in [0.29, 0.717) is 12.5 Å². The first-order valence-electron chi connectivity index (χ1n) is 7.89. The Morgan fingerprint density at radius 1 is 1.29 bits per heavy atom. The molecule has 0 spiro atoms. The minimum Gasteiger partial charge on any atom is -0.495 e. The Balaban J connectivity index is 2.44. The quantitative estimate of drug-likeness (QED) is 0.803. The fraction of sp³-hybridized carbons (Fsp3) is 0.625. The highest BCUT2D eigenvalue weighted by Gasteiger charge is 2.46. The van der Waals surface area contributed by atoms with Crippen LogP contribution in [-0.4, -0.2) is 53.3 Å². The monoisotopic (exact) mass is 375 g/mol. The summed E-state index contributed by atoms with van der Waals surface area (Å²) in [7, 11) is -5.83. The summed E-state index contributed by atoms with van der Waals surface area (Å²) in [4.78, 5) is 0.0587. The van der Waals surface area contributed by atoms with Gasteiger partial charge in [-0.1, -0.05) is 19.9 Å². The molecule has 2 atom stereocenters. The molecule has 0 amide bonds. The van der Waals surface area contributed by atoms with Crippen LogP contribution in [0.25, 0.3) is 0 Å². The molecule has 0 saturated carbocycles. The molecular formula is C16H25NO5S2. The highest BCUT2D eigenvalue weighted by atomic mass is 32.2. The molecule has 1 aromatic rings. The molecule has 0 bridgehead atoms. The first kappa shape index (κ1) is 19.2. The van der Waals surface area contributed by atoms with E-state index in [9.17, 15) is 16.8 Å². The lowest BCUT2D eigenvalue weighted by atomic mass is 10.2. The number of hydrogen-bond donors (Lipinski definition) is 1. The van der Waals surface area contributed by atoms with Crippen molar-refractivity contribution < 1.29 is 21.6 Å². The molecule has 24 heavy (non-hydrogen) atoms. The van der Waals surface area contributed by atoms with Gasteiger partial charge in [-0.15, -0.1) is 0 Å². The fourth-order valence-corrected chi connectivity index (χ4v) is 7.83. The van der Waals surface area contributed by atoms with Crippen molar-refractivity contribution in [2.75, 3.05) is 25.2 Å². The zero-order chi connectivity index (χ0) is 18.1. The van der Waals surface area contributed by atoms with Crippen molar-refractivity contribution in [2.45, 2.75) is 37.0 Å². The average Bonchev–Trinajstić information content (AvgIpc) is 2.81.